The minimum absolute atomic E-state index is 0.484. The first-order valence-corrected chi connectivity index (χ1v) is 6.99. The number of hydrogen-bond donors (Lipinski definition) is 2. The van der Waals surface area contributed by atoms with Crippen LogP contribution in [-0.4, -0.2) is 48.0 Å². The fourth-order valence-electron chi connectivity index (χ4n) is 1.16. The Hall–Kier alpha value is -0.170. The second-order valence-corrected chi connectivity index (χ2v) is 5.62. The minimum atomic E-state index is -3.03. The number of ether oxygens (including phenoxy) is 1. The molecule has 0 aromatic carbocycles. The van der Waals surface area contributed by atoms with E-state index in [1.807, 2.05) is 0 Å². The van der Waals surface area contributed by atoms with Crippen molar-refractivity contribution < 1.29 is 13.2 Å². The molecule has 92 valence electrons. The molecule has 1 unspecified atom stereocenters. The third-order valence-corrected chi connectivity index (χ3v) is 2.57. The van der Waals surface area contributed by atoms with Gasteiger partial charge in [0.25, 0.3) is 0 Å². The number of sulfonamides is 1. The lowest BCUT2D eigenvalue weighted by Gasteiger charge is -2.11. The van der Waals surface area contributed by atoms with Crippen molar-refractivity contribution in [3.05, 3.63) is 0 Å². The van der Waals surface area contributed by atoms with Crippen molar-refractivity contribution in [3.63, 3.8) is 0 Å². The van der Waals surface area contributed by atoms with E-state index in [9.17, 15) is 8.42 Å². The Kier molecular flexibility index (Phi) is 7.95. The lowest BCUT2D eigenvalue weighted by molar-refractivity contribution is 0.158. The first-order valence-electron chi connectivity index (χ1n) is 5.10. The van der Waals surface area contributed by atoms with Gasteiger partial charge >= 0.3 is 0 Å². The summed E-state index contributed by atoms with van der Waals surface area (Å²) in [6.45, 7) is 5.05. The van der Waals surface area contributed by atoms with Gasteiger partial charge in [-0.1, -0.05) is 6.92 Å². The van der Waals surface area contributed by atoms with Gasteiger partial charge in [-0.05, 0) is 25.4 Å². The second kappa shape index (κ2) is 8.04. The number of rotatable bonds is 9. The van der Waals surface area contributed by atoms with Crippen LogP contribution >= 0.6 is 0 Å². The molecule has 0 amide bonds. The Morgan fingerprint density at radius 2 is 2.00 bits per heavy atom. The van der Waals surface area contributed by atoms with Gasteiger partial charge in [-0.15, -0.1) is 0 Å². The Bertz CT molecular complexity index is 242. The molecule has 0 aliphatic rings. The molecule has 6 heteroatoms. The Morgan fingerprint density at radius 3 is 2.53 bits per heavy atom. The second-order valence-electron chi connectivity index (χ2n) is 3.78. The fourth-order valence-corrected chi connectivity index (χ4v) is 1.68. The highest BCUT2D eigenvalue weighted by atomic mass is 32.2. The van der Waals surface area contributed by atoms with Crippen LogP contribution in [0.15, 0.2) is 0 Å². The molecule has 0 saturated carbocycles. The van der Waals surface area contributed by atoms with Gasteiger partial charge in [0.05, 0.1) is 6.26 Å². The van der Waals surface area contributed by atoms with Crippen molar-refractivity contribution in [2.45, 2.75) is 13.3 Å². The average molecular weight is 238 g/mol. The Balaban J connectivity index is 3.25. The zero-order chi connectivity index (χ0) is 11.7. The van der Waals surface area contributed by atoms with Crippen molar-refractivity contribution in [2.75, 3.05) is 39.6 Å². The van der Waals surface area contributed by atoms with Gasteiger partial charge in [-0.2, -0.15) is 0 Å². The number of nitrogens with one attached hydrogen (secondary N) is 2. The van der Waals surface area contributed by atoms with Crippen molar-refractivity contribution >= 4 is 10.0 Å². The molecule has 0 heterocycles. The number of hydrogen-bond acceptors (Lipinski definition) is 4. The van der Waals surface area contributed by atoms with Crippen LogP contribution in [0.2, 0.25) is 0 Å². The van der Waals surface area contributed by atoms with Crippen LogP contribution in [0.4, 0.5) is 0 Å². The highest BCUT2D eigenvalue weighted by Gasteiger charge is 2.01. The van der Waals surface area contributed by atoms with E-state index in [-0.39, 0.29) is 0 Å². The normalized spacial score (nSPS) is 14.1. The van der Waals surface area contributed by atoms with Crippen LogP contribution in [0, 0.1) is 5.92 Å². The molecule has 0 aromatic heterocycles. The van der Waals surface area contributed by atoms with Gasteiger partial charge in [0, 0.05) is 20.3 Å². The third-order valence-electron chi connectivity index (χ3n) is 1.84. The minimum Gasteiger partial charge on any atom is -0.384 e. The lowest BCUT2D eigenvalue weighted by atomic mass is 10.2. The summed E-state index contributed by atoms with van der Waals surface area (Å²) in [7, 11) is -1.35. The van der Waals surface area contributed by atoms with Crippen molar-refractivity contribution in [1.29, 1.82) is 0 Å². The zero-order valence-corrected chi connectivity index (χ0v) is 10.6. The van der Waals surface area contributed by atoms with E-state index in [0.717, 1.165) is 26.1 Å². The van der Waals surface area contributed by atoms with E-state index in [0.29, 0.717) is 12.5 Å². The molecule has 0 aromatic rings. The van der Waals surface area contributed by atoms with Gasteiger partial charge in [0.1, 0.15) is 0 Å². The number of methoxy groups -OCH3 is 1. The summed E-state index contributed by atoms with van der Waals surface area (Å²) >= 11 is 0. The van der Waals surface area contributed by atoms with Gasteiger partial charge < -0.3 is 10.1 Å². The molecule has 0 radical (unpaired) electrons. The van der Waals surface area contributed by atoms with Crippen LogP contribution in [0.1, 0.15) is 13.3 Å². The maximum Gasteiger partial charge on any atom is 0.208 e. The molecular formula is C9H22N2O3S. The summed E-state index contributed by atoms with van der Waals surface area (Å²) in [6, 6.07) is 0. The molecule has 0 spiro atoms. The molecule has 0 saturated heterocycles. The lowest BCUT2D eigenvalue weighted by Crippen LogP contribution is -2.29. The standard InChI is InChI=1S/C9H22N2O3S/c1-9(8-14-2)7-10-5-4-6-11-15(3,12)13/h9-11H,4-8H2,1-3H3. The molecule has 0 aliphatic heterocycles. The van der Waals surface area contributed by atoms with Crippen molar-refractivity contribution in [3.8, 4) is 0 Å². The third kappa shape index (κ3) is 11.8. The van der Waals surface area contributed by atoms with Crippen molar-refractivity contribution in [1.82, 2.24) is 10.0 Å². The first kappa shape index (κ1) is 14.8. The van der Waals surface area contributed by atoms with Crippen molar-refractivity contribution in [2.24, 2.45) is 5.92 Å². The van der Waals surface area contributed by atoms with E-state index >= 15 is 0 Å². The molecule has 0 fully saturated rings. The molecular weight excluding hydrogens is 216 g/mol. The summed E-state index contributed by atoms with van der Waals surface area (Å²) in [5, 5.41) is 3.24. The highest BCUT2D eigenvalue weighted by Crippen LogP contribution is 1.91. The molecule has 1 atom stereocenters. The van der Waals surface area contributed by atoms with Gasteiger partial charge in [0.15, 0.2) is 0 Å². The fraction of sp³-hybridized carbons (Fsp3) is 1.00. The zero-order valence-electron chi connectivity index (χ0n) is 9.75. The summed E-state index contributed by atoms with van der Waals surface area (Å²) in [6.07, 6.45) is 1.97. The maximum atomic E-state index is 10.7. The Labute approximate surface area is 92.6 Å². The predicted molar refractivity (Wildman–Crippen MR) is 61.4 cm³/mol. The summed E-state index contributed by atoms with van der Waals surface area (Å²) in [4.78, 5) is 0. The smallest absolute Gasteiger partial charge is 0.208 e. The van der Waals surface area contributed by atoms with E-state index in [4.69, 9.17) is 4.74 Å². The maximum absolute atomic E-state index is 10.7. The van der Waals surface area contributed by atoms with E-state index < -0.39 is 10.0 Å². The Morgan fingerprint density at radius 1 is 1.33 bits per heavy atom. The summed E-state index contributed by atoms with van der Waals surface area (Å²) in [5.74, 6) is 0.484. The summed E-state index contributed by atoms with van der Waals surface area (Å²) in [5.41, 5.74) is 0. The molecule has 0 bridgehead atoms. The van der Waals surface area contributed by atoms with E-state index in [2.05, 4.69) is 17.0 Å². The monoisotopic (exact) mass is 238 g/mol. The summed E-state index contributed by atoms with van der Waals surface area (Å²) < 4.78 is 28.9. The van der Waals surface area contributed by atoms with Crippen LogP contribution < -0.4 is 10.0 Å². The van der Waals surface area contributed by atoms with Gasteiger partial charge in [0.2, 0.25) is 10.0 Å². The van der Waals surface area contributed by atoms with Gasteiger partial charge in [-0.25, -0.2) is 13.1 Å². The van der Waals surface area contributed by atoms with Crippen LogP contribution in [0.25, 0.3) is 0 Å². The van der Waals surface area contributed by atoms with Crippen LogP contribution in [0.5, 0.6) is 0 Å². The molecule has 5 nitrogen and oxygen atoms in total. The quantitative estimate of drug-likeness (QED) is 0.546. The molecule has 2 N–H and O–H groups in total. The molecule has 0 rings (SSSR count). The average Bonchev–Trinajstić information content (AvgIpc) is 2.09. The van der Waals surface area contributed by atoms with Crippen LogP contribution in [-0.2, 0) is 14.8 Å². The predicted octanol–water partition coefficient (Wildman–Crippen LogP) is -0.202. The van der Waals surface area contributed by atoms with Gasteiger partial charge in [-0.3, -0.25) is 0 Å². The van der Waals surface area contributed by atoms with E-state index in [1.165, 1.54) is 6.26 Å². The topological polar surface area (TPSA) is 67.4 Å². The van der Waals surface area contributed by atoms with E-state index in [1.54, 1.807) is 7.11 Å². The SMILES string of the molecule is COCC(C)CNCCCNS(C)(=O)=O. The highest BCUT2D eigenvalue weighted by molar-refractivity contribution is 7.88. The first-order chi connectivity index (χ1) is 6.95. The molecule has 0 aliphatic carbocycles. The molecule has 15 heavy (non-hydrogen) atoms. The van der Waals surface area contributed by atoms with Crippen LogP contribution in [0.3, 0.4) is 0 Å². The largest absolute Gasteiger partial charge is 0.384 e.